The molecular weight excluding hydrogens is 293 g/mol. The van der Waals surface area contributed by atoms with Gasteiger partial charge in [0.15, 0.2) is 9.84 Å². The predicted octanol–water partition coefficient (Wildman–Crippen LogP) is 1.92. The fraction of sp³-hybridized carbons (Fsp3) is 0.133. The van der Waals surface area contributed by atoms with Gasteiger partial charge < -0.3 is 5.32 Å². The van der Waals surface area contributed by atoms with Gasteiger partial charge in [0.2, 0.25) is 5.91 Å². The lowest BCUT2D eigenvalue weighted by Gasteiger charge is -2.06. The maximum Gasteiger partial charge on any atom is 0.235 e. The van der Waals surface area contributed by atoms with E-state index in [4.69, 9.17) is 0 Å². The van der Waals surface area contributed by atoms with Gasteiger partial charge in [-0.25, -0.2) is 12.8 Å². The van der Waals surface area contributed by atoms with E-state index in [9.17, 15) is 17.6 Å². The molecule has 1 N–H and O–H groups in total. The molecule has 0 bridgehead atoms. The first kappa shape index (κ1) is 15.2. The zero-order valence-corrected chi connectivity index (χ0v) is 11.9. The lowest BCUT2D eigenvalue weighted by Crippen LogP contribution is -2.29. The highest BCUT2D eigenvalue weighted by Gasteiger charge is 2.19. The summed E-state index contributed by atoms with van der Waals surface area (Å²) in [4.78, 5) is 11.5. The highest BCUT2D eigenvalue weighted by atomic mass is 32.2. The van der Waals surface area contributed by atoms with Crippen molar-refractivity contribution < 1.29 is 17.6 Å². The van der Waals surface area contributed by atoms with Gasteiger partial charge in [-0.05, 0) is 23.8 Å². The Hall–Kier alpha value is -2.21. The third kappa shape index (κ3) is 4.39. The molecule has 6 heteroatoms. The zero-order chi connectivity index (χ0) is 15.3. The zero-order valence-electron chi connectivity index (χ0n) is 11.1. The third-order valence-electron chi connectivity index (χ3n) is 2.81. The molecule has 21 heavy (non-hydrogen) atoms. The van der Waals surface area contributed by atoms with Gasteiger partial charge in [0.25, 0.3) is 0 Å². The van der Waals surface area contributed by atoms with Crippen LogP contribution in [0.25, 0.3) is 0 Å². The molecule has 0 heterocycles. The van der Waals surface area contributed by atoms with Gasteiger partial charge in [-0.3, -0.25) is 4.79 Å². The molecule has 0 atom stereocenters. The van der Waals surface area contributed by atoms with Crippen LogP contribution in [-0.4, -0.2) is 20.1 Å². The number of sulfone groups is 1. The Morgan fingerprint density at radius 1 is 1.05 bits per heavy atom. The van der Waals surface area contributed by atoms with Crippen LogP contribution in [0.2, 0.25) is 0 Å². The van der Waals surface area contributed by atoms with E-state index in [1.165, 1.54) is 12.1 Å². The summed E-state index contributed by atoms with van der Waals surface area (Å²) in [6, 6.07) is 13.7. The van der Waals surface area contributed by atoms with Crippen LogP contribution < -0.4 is 5.32 Å². The van der Waals surface area contributed by atoms with Crippen molar-refractivity contribution in [2.75, 3.05) is 5.75 Å². The third-order valence-corrected chi connectivity index (χ3v) is 4.42. The van der Waals surface area contributed by atoms with E-state index in [-0.39, 0.29) is 11.4 Å². The summed E-state index contributed by atoms with van der Waals surface area (Å²) in [6.45, 7) is 0.248. The van der Waals surface area contributed by atoms with E-state index in [1.807, 2.05) is 30.3 Å². The molecule has 0 saturated carbocycles. The molecule has 0 radical (unpaired) electrons. The van der Waals surface area contributed by atoms with Crippen LogP contribution in [-0.2, 0) is 21.2 Å². The monoisotopic (exact) mass is 307 g/mol. The number of rotatable bonds is 5. The van der Waals surface area contributed by atoms with E-state index in [1.54, 1.807) is 0 Å². The molecule has 0 aliphatic carbocycles. The minimum absolute atomic E-state index is 0.197. The number of carbonyl (C=O) groups is 1. The number of benzene rings is 2. The van der Waals surface area contributed by atoms with Crippen LogP contribution in [0.3, 0.4) is 0 Å². The highest BCUT2D eigenvalue weighted by Crippen LogP contribution is 2.12. The first-order valence-electron chi connectivity index (χ1n) is 6.26. The second-order valence-electron chi connectivity index (χ2n) is 4.48. The molecule has 0 aliphatic rings. The van der Waals surface area contributed by atoms with Crippen molar-refractivity contribution in [3.63, 3.8) is 0 Å². The maximum atomic E-state index is 13.0. The average molecular weight is 307 g/mol. The van der Waals surface area contributed by atoms with Crippen LogP contribution in [0.15, 0.2) is 59.5 Å². The van der Waals surface area contributed by atoms with Crippen LogP contribution in [0.1, 0.15) is 5.56 Å². The van der Waals surface area contributed by atoms with E-state index in [2.05, 4.69) is 5.32 Å². The van der Waals surface area contributed by atoms with E-state index < -0.39 is 27.3 Å². The fourth-order valence-electron chi connectivity index (χ4n) is 1.76. The average Bonchev–Trinajstić information content (AvgIpc) is 2.46. The van der Waals surface area contributed by atoms with Gasteiger partial charge >= 0.3 is 0 Å². The molecule has 0 spiro atoms. The van der Waals surface area contributed by atoms with E-state index in [0.717, 1.165) is 17.7 Å². The van der Waals surface area contributed by atoms with Crippen LogP contribution in [0, 0.1) is 5.82 Å². The molecule has 2 aromatic carbocycles. The SMILES string of the molecule is O=C(CS(=O)(=O)c1cccc(F)c1)NCc1ccccc1. The van der Waals surface area contributed by atoms with Crippen molar-refractivity contribution in [1.82, 2.24) is 5.32 Å². The van der Waals surface area contributed by atoms with Crippen molar-refractivity contribution in [3.05, 3.63) is 66.0 Å². The fourth-order valence-corrected chi connectivity index (χ4v) is 2.96. The van der Waals surface area contributed by atoms with E-state index in [0.29, 0.717) is 0 Å². The number of hydrogen-bond acceptors (Lipinski definition) is 3. The van der Waals surface area contributed by atoms with E-state index >= 15 is 0 Å². The van der Waals surface area contributed by atoms with Gasteiger partial charge in [-0.1, -0.05) is 36.4 Å². The Bertz CT molecular complexity index is 730. The molecule has 2 aromatic rings. The molecule has 0 unspecified atom stereocenters. The second-order valence-corrected chi connectivity index (χ2v) is 6.47. The predicted molar refractivity (Wildman–Crippen MR) is 76.7 cm³/mol. The summed E-state index contributed by atoms with van der Waals surface area (Å²) in [5, 5.41) is 2.53. The Labute approximate surface area is 122 Å². The summed E-state index contributed by atoms with van der Waals surface area (Å²) in [5.41, 5.74) is 0.869. The van der Waals surface area contributed by atoms with Crippen LogP contribution in [0.4, 0.5) is 4.39 Å². The van der Waals surface area contributed by atoms with Gasteiger partial charge in [-0.2, -0.15) is 0 Å². The Morgan fingerprint density at radius 2 is 1.76 bits per heavy atom. The minimum Gasteiger partial charge on any atom is -0.351 e. The normalized spacial score (nSPS) is 11.1. The van der Waals surface area contributed by atoms with Crippen molar-refractivity contribution in [2.24, 2.45) is 0 Å². The Kier molecular flexibility index (Phi) is 4.70. The van der Waals surface area contributed by atoms with Gasteiger partial charge in [-0.15, -0.1) is 0 Å². The summed E-state index contributed by atoms with van der Waals surface area (Å²) >= 11 is 0. The molecule has 110 valence electrons. The van der Waals surface area contributed by atoms with Crippen LogP contribution in [0.5, 0.6) is 0 Å². The van der Waals surface area contributed by atoms with Gasteiger partial charge in [0.05, 0.1) is 4.90 Å². The topological polar surface area (TPSA) is 63.2 Å². The number of hydrogen-bond donors (Lipinski definition) is 1. The largest absolute Gasteiger partial charge is 0.351 e. The first-order chi connectivity index (χ1) is 9.97. The maximum absolute atomic E-state index is 13.0. The van der Waals surface area contributed by atoms with Crippen molar-refractivity contribution in [1.29, 1.82) is 0 Å². The minimum atomic E-state index is -3.84. The Morgan fingerprint density at radius 3 is 2.43 bits per heavy atom. The molecule has 1 amide bonds. The van der Waals surface area contributed by atoms with Gasteiger partial charge in [0.1, 0.15) is 11.6 Å². The first-order valence-corrected chi connectivity index (χ1v) is 7.91. The molecule has 0 fully saturated rings. The Balaban J connectivity index is 1.99. The summed E-state index contributed by atoms with van der Waals surface area (Å²) in [5.74, 6) is -1.98. The molecule has 2 rings (SSSR count). The van der Waals surface area contributed by atoms with Crippen LogP contribution >= 0.6 is 0 Å². The summed E-state index contributed by atoms with van der Waals surface area (Å²) in [6.07, 6.45) is 0. The smallest absolute Gasteiger partial charge is 0.235 e. The summed E-state index contributed by atoms with van der Waals surface area (Å²) < 4.78 is 37.0. The van der Waals surface area contributed by atoms with Crippen molar-refractivity contribution in [3.8, 4) is 0 Å². The second kappa shape index (κ2) is 6.49. The molecule has 0 aliphatic heterocycles. The summed E-state index contributed by atoms with van der Waals surface area (Å²) in [7, 11) is -3.84. The lowest BCUT2D eigenvalue weighted by atomic mass is 10.2. The highest BCUT2D eigenvalue weighted by molar-refractivity contribution is 7.92. The number of halogens is 1. The molecule has 0 saturated heterocycles. The van der Waals surface area contributed by atoms with Gasteiger partial charge in [0, 0.05) is 6.54 Å². The number of nitrogens with one attached hydrogen (secondary N) is 1. The number of amides is 1. The quantitative estimate of drug-likeness (QED) is 0.918. The number of carbonyl (C=O) groups excluding carboxylic acids is 1. The molecule has 0 aromatic heterocycles. The van der Waals surface area contributed by atoms with Crippen molar-refractivity contribution >= 4 is 15.7 Å². The molecular formula is C15H14FNO3S. The molecule has 4 nitrogen and oxygen atoms in total. The standard InChI is InChI=1S/C15H14FNO3S/c16-13-7-4-8-14(9-13)21(19,20)11-15(18)17-10-12-5-2-1-3-6-12/h1-9H,10-11H2,(H,17,18). The lowest BCUT2D eigenvalue weighted by molar-refractivity contribution is -0.118. The van der Waals surface area contributed by atoms with Crippen molar-refractivity contribution in [2.45, 2.75) is 11.4 Å².